The molecular formula is C15H30N2O3. The van der Waals surface area contributed by atoms with E-state index in [1.54, 1.807) is 0 Å². The molecule has 0 aliphatic heterocycles. The van der Waals surface area contributed by atoms with E-state index >= 15 is 0 Å². The molecule has 0 aromatic heterocycles. The van der Waals surface area contributed by atoms with E-state index in [-0.39, 0.29) is 5.91 Å². The van der Waals surface area contributed by atoms with Crippen LogP contribution in [0, 0.1) is 11.8 Å². The summed E-state index contributed by atoms with van der Waals surface area (Å²) in [4.78, 5) is 23.2. The first-order chi connectivity index (χ1) is 9.29. The lowest BCUT2D eigenvalue weighted by atomic mass is 9.97. The lowest BCUT2D eigenvalue weighted by Gasteiger charge is -2.25. The normalized spacial score (nSPS) is 14.1. The third-order valence-electron chi connectivity index (χ3n) is 3.56. The smallest absolute Gasteiger partial charge is 0.328 e. The molecule has 0 aromatic carbocycles. The van der Waals surface area contributed by atoms with Crippen molar-refractivity contribution in [3.63, 3.8) is 0 Å². The standard InChI is InChI=1S/C15H30N2O3/c1-5-6-12(4)8-9-13(15(19)20)17(16)14(18)10-7-11(2)3/h11-13H,5-10,16H2,1-4H3,(H,19,20). The first-order valence-corrected chi connectivity index (χ1v) is 7.59. The molecule has 0 heterocycles. The summed E-state index contributed by atoms with van der Waals surface area (Å²) >= 11 is 0. The van der Waals surface area contributed by atoms with Gasteiger partial charge in [0.25, 0.3) is 0 Å². The van der Waals surface area contributed by atoms with E-state index in [9.17, 15) is 14.7 Å². The predicted molar refractivity (Wildman–Crippen MR) is 79.8 cm³/mol. The summed E-state index contributed by atoms with van der Waals surface area (Å²) in [6, 6.07) is -0.908. The average molecular weight is 286 g/mol. The molecule has 20 heavy (non-hydrogen) atoms. The SMILES string of the molecule is CCCC(C)CCC(C(=O)O)N(N)C(=O)CCC(C)C. The Morgan fingerprint density at radius 3 is 2.15 bits per heavy atom. The fraction of sp³-hybridized carbons (Fsp3) is 0.867. The Balaban J connectivity index is 4.42. The maximum absolute atomic E-state index is 11.9. The van der Waals surface area contributed by atoms with Crippen LogP contribution < -0.4 is 5.84 Å². The van der Waals surface area contributed by atoms with Crippen LogP contribution in [0.4, 0.5) is 0 Å². The number of aliphatic carboxylic acids is 1. The van der Waals surface area contributed by atoms with Gasteiger partial charge in [-0.3, -0.25) is 9.80 Å². The van der Waals surface area contributed by atoms with E-state index in [0.29, 0.717) is 24.7 Å². The number of carbonyl (C=O) groups excluding carboxylic acids is 1. The number of carbonyl (C=O) groups is 2. The Hall–Kier alpha value is -1.10. The summed E-state index contributed by atoms with van der Waals surface area (Å²) in [6.45, 7) is 8.25. The Bertz CT molecular complexity index is 305. The number of carboxylic acid groups (broad SMARTS) is 1. The second-order valence-corrected chi connectivity index (χ2v) is 6.06. The summed E-state index contributed by atoms with van der Waals surface area (Å²) in [5.74, 6) is 5.27. The largest absolute Gasteiger partial charge is 0.480 e. The molecule has 0 saturated heterocycles. The van der Waals surface area contributed by atoms with Gasteiger partial charge >= 0.3 is 5.97 Å². The molecule has 0 radical (unpaired) electrons. The molecule has 118 valence electrons. The third kappa shape index (κ3) is 7.48. The molecule has 2 atom stereocenters. The van der Waals surface area contributed by atoms with Gasteiger partial charge in [0, 0.05) is 6.42 Å². The topological polar surface area (TPSA) is 83.6 Å². The van der Waals surface area contributed by atoms with Gasteiger partial charge in [-0.25, -0.2) is 10.6 Å². The quantitative estimate of drug-likeness (QED) is 0.367. The second-order valence-electron chi connectivity index (χ2n) is 6.06. The summed E-state index contributed by atoms with van der Waals surface area (Å²) in [5, 5.41) is 10.2. The number of nitrogens with two attached hydrogens (primary N) is 1. The van der Waals surface area contributed by atoms with Crippen LogP contribution in [0.25, 0.3) is 0 Å². The molecule has 3 N–H and O–H groups in total. The summed E-state index contributed by atoms with van der Waals surface area (Å²) in [7, 11) is 0. The van der Waals surface area contributed by atoms with Gasteiger partial charge < -0.3 is 5.11 Å². The van der Waals surface area contributed by atoms with Crippen molar-refractivity contribution in [2.45, 2.75) is 72.3 Å². The van der Waals surface area contributed by atoms with Crippen LogP contribution >= 0.6 is 0 Å². The van der Waals surface area contributed by atoms with Gasteiger partial charge in [-0.1, -0.05) is 40.5 Å². The number of hydrogen-bond acceptors (Lipinski definition) is 3. The van der Waals surface area contributed by atoms with Gasteiger partial charge in [0.05, 0.1) is 0 Å². The Kier molecular flexibility index (Phi) is 9.21. The highest BCUT2D eigenvalue weighted by Crippen LogP contribution is 2.16. The van der Waals surface area contributed by atoms with Crippen molar-refractivity contribution in [2.24, 2.45) is 17.7 Å². The van der Waals surface area contributed by atoms with Crippen LogP contribution in [-0.4, -0.2) is 28.0 Å². The number of hydrazine groups is 1. The lowest BCUT2D eigenvalue weighted by molar-refractivity contribution is -0.151. The third-order valence-corrected chi connectivity index (χ3v) is 3.56. The minimum atomic E-state index is -1.02. The minimum absolute atomic E-state index is 0.283. The van der Waals surface area contributed by atoms with E-state index in [2.05, 4.69) is 13.8 Å². The van der Waals surface area contributed by atoms with E-state index in [1.807, 2.05) is 13.8 Å². The molecule has 0 fully saturated rings. The summed E-state index contributed by atoms with van der Waals surface area (Å²) in [5.41, 5.74) is 0. The van der Waals surface area contributed by atoms with E-state index in [1.165, 1.54) is 0 Å². The van der Waals surface area contributed by atoms with Crippen LogP contribution in [0.15, 0.2) is 0 Å². The van der Waals surface area contributed by atoms with Crippen LogP contribution in [0.5, 0.6) is 0 Å². The van der Waals surface area contributed by atoms with Crippen molar-refractivity contribution in [3.8, 4) is 0 Å². The van der Waals surface area contributed by atoms with Gasteiger partial charge in [-0.15, -0.1) is 0 Å². The number of nitrogens with zero attached hydrogens (tertiary/aromatic N) is 1. The van der Waals surface area contributed by atoms with Crippen LogP contribution in [0.3, 0.4) is 0 Å². The Morgan fingerprint density at radius 1 is 1.10 bits per heavy atom. The summed E-state index contributed by atoms with van der Waals surface area (Å²) < 4.78 is 0. The van der Waals surface area contributed by atoms with E-state index in [4.69, 9.17) is 5.84 Å². The zero-order chi connectivity index (χ0) is 15.7. The molecular weight excluding hydrogens is 256 g/mol. The van der Waals surface area contributed by atoms with Crippen molar-refractivity contribution in [1.82, 2.24) is 5.01 Å². The molecule has 5 heteroatoms. The maximum Gasteiger partial charge on any atom is 0.328 e. The van der Waals surface area contributed by atoms with Crippen LogP contribution in [-0.2, 0) is 9.59 Å². The molecule has 5 nitrogen and oxygen atoms in total. The van der Waals surface area contributed by atoms with Crippen molar-refractivity contribution >= 4 is 11.9 Å². The van der Waals surface area contributed by atoms with Crippen LogP contribution in [0.1, 0.15) is 66.2 Å². The molecule has 0 saturated carbocycles. The van der Waals surface area contributed by atoms with Gasteiger partial charge in [0.15, 0.2) is 0 Å². The average Bonchev–Trinajstić information content (AvgIpc) is 2.35. The monoisotopic (exact) mass is 286 g/mol. The highest BCUT2D eigenvalue weighted by Gasteiger charge is 2.27. The molecule has 0 aliphatic rings. The van der Waals surface area contributed by atoms with Crippen molar-refractivity contribution in [2.75, 3.05) is 0 Å². The van der Waals surface area contributed by atoms with Crippen molar-refractivity contribution in [3.05, 3.63) is 0 Å². The highest BCUT2D eigenvalue weighted by molar-refractivity contribution is 5.83. The molecule has 2 unspecified atom stereocenters. The highest BCUT2D eigenvalue weighted by atomic mass is 16.4. The fourth-order valence-corrected chi connectivity index (χ4v) is 2.18. The van der Waals surface area contributed by atoms with Crippen LogP contribution in [0.2, 0.25) is 0 Å². The number of carboxylic acids is 1. The fourth-order valence-electron chi connectivity index (χ4n) is 2.18. The van der Waals surface area contributed by atoms with Gasteiger partial charge in [0.1, 0.15) is 6.04 Å². The van der Waals surface area contributed by atoms with Gasteiger partial charge in [-0.2, -0.15) is 0 Å². The maximum atomic E-state index is 11.9. The molecule has 0 aromatic rings. The molecule has 0 bridgehead atoms. The molecule has 0 rings (SSSR count). The second kappa shape index (κ2) is 9.75. The van der Waals surface area contributed by atoms with E-state index < -0.39 is 12.0 Å². The summed E-state index contributed by atoms with van der Waals surface area (Å²) in [6.07, 6.45) is 4.38. The molecule has 0 aliphatic carbocycles. The lowest BCUT2D eigenvalue weighted by Crippen LogP contribution is -2.49. The number of rotatable bonds is 10. The number of amides is 1. The minimum Gasteiger partial charge on any atom is -0.480 e. The van der Waals surface area contributed by atoms with Gasteiger partial charge in [-0.05, 0) is 31.1 Å². The molecule has 1 amide bonds. The van der Waals surface area contributed by atoms with Crippen molar-refractivity contribution in [1.29, 1.82) is 0 Å². The van der Waals surface area contributed by atoms with Gasteiger partial charge in [0.2, 0.25) is 5.91 Å². The zero-order valence-corrected chi connectivity index (χ0v) is 13.3. The number of hydrogen-bond donors (Lipinski definition) is 2. The Morgan fingerprint density at radius 2 is 1.70 bits per heavy atom. The first-order valence-electron chi connectivity index (χ1n) is 7.59. The Labute approximate surface area is 122 Å². The predicted octanol–water partition coefficient (Wildman–Crippen LogP) is 2.79. The van der Waals surface area contributed by atoms with Crippen molar-refractivity contribution < 1.29 is 14.7 Å². The van der Waals surface area contributed by atoms with E-state index in [0.717, 1.165) is 30.7 Å². The zero-order valence-electron chi connectivity index (χ0n) is 13.3. The first kappa shape index (κ1) is 18.9. The molecule has 0 spiro atoms.